The summed E-state index contributed by atoms with van der Waals surface area (Å²) in [5.74, 6) is 0.745. The zero-order valence-electron chi connectivity index (χ0n) is 9.01. The van der Waals surface area contributed by atoms with Crippen LogP contribution in [0.25, 0.3) is 0 Å². The van der Waals surface area contributed by atoms with Gasteiger partial charge in [0.15, 0.2) is 0 Å². The van der Waals surface area contributed by atoms with Crippen LogP contribution in [0, 0.1) is 5.92 Å². The highest BCUT2D eigenvalue weighted by Gasteiger charge is 2.36. The Kier molecular flexibility index (Phi) is 4.20. The molecule has 1 fully saturated rings. The molecule has 0 aromatic carbocycles. The van der Waals surface area contributed by atoms with Gasteiger partial charge in [0.25, 0.3) is 0 Å². The van der Waals surface area contributed by atoms with E-state index in [2.05, 4.69) is 13.8 Å². The van der Waals surface area contributed by atoms with Crippen LogP contribution in [-0.4, -0.2) is 18.8 Å². The van der Waals surface area contributed by atoms with Crippen LogP contribution in [0.5, 0.6) is 0 Å². The van der Waals surface area contributed by atoms with E-state index in [4.69, 9.17) is 10.5 Å². The summed E-state index contributed by atoms with van der Waals surface area (Å²) < 4.78 is 5.94. The Morgan fingerprint density at radius 1 is 1.38 bits per heavy atom. The van der Waals surface area contributed by atoms with Crippen LogP contribution < -0.4 is 5.73 Å². The second-order valence-electron chi connectivity index (χ2n) is 4.61. The minimum atomic E-state index is 0.184. The van der Waals surface area contributed by atoms with Crippen LogP contribution in [-0.2, 0) is 4.74 Å². The molecule has 1 aliphatic carbocycles. The van der Waals surface area contributed by atoms with Gasteiger partial charge in [-0.3, -0.25) is 0 Å². The summed E-state index contributed by atoms with van der Waals surface area (Å²) in [7, 11) is 0. The fourth-order valence-electron chi connectivity index (χ4n) is 1.81. The van der Waals surface area contributed by atoms with Crippen molar-refractivity contribution < 1.29 is 4.74 Å². The van der Waals surface area contributed by atoms with Crippen LogP contribution >= 0.6 is 0 Å². The van der Waals surface area contributed by atoms with E-state index >= 15 is 0 Å². The summed E-state index contributed by atoms with van der Waals surface area (Å²) in [6.07, 6.45) is 5.99. The van der Waals surface area contributed by atoms with Crippen molar-refractivity contribution >= 4 is 0 Å². The molecule has 0 amide bonds. The summed E-state index contributed by atoms with van der Waals surface area (Å²) >= 11 is 0. The number of hydrogen-bond acceptors (Lipinski definition) is 2. The monoisotopic (exact) mass is 185 g/mol. The van der Waals surface area contributed by atoms with Crippen molar-refractivity contribution in [2.75, 3.05) is 13.2 Å². The molecule has 0 aromatic heterocycles. The molecule has 1 aliphatic rings. The highest BCUT2D eigenvalue weighted by atomic mass is 16.5. The molecule has 0 saturated heterocycles. The van der Waals surface area contributed by atoms with Crippen molar-refractivity contribution in [3.63, 3.8) is 0 Å². The van der Waals surface area contributed by atoms with Crippen molar-refractivity contribution in [1.29, 1.82) is 0 Å². The molecule has 0 atom stereocenters. The molecule has 2 nitrogen and oxygen atoms in total. The first-order valence-corrected chi connectivity index (χ1v) is 5.52. The predicted octanol–water partition coefficient (Wildman–Crippen LogP) is 2.32. The zero-order valence-corrected chi connectivity index (χ0v) is 9.01. The molecule has 0 heterocycles. The van der Waals surface area contributed by atoms with E-state index < -0.39 is 0 Å². The normalized spacial score (nSPS) is 20.3. The van der Waals surface area contributed by atoms with Gasteiger partial charge in [0.1, 0.15) is 0 Å². The third kappa shape index (κ3) is 3.28. The molecule has 1 rings (SSSR count). The van der Waals surface area contributed by atoms with E-state index in [9.17, 15) is 0 Å². The first kappa shape index (κ1) is 11.0. The van der Waals surface area contributed by atoms with Crippen LogP contribution in [0.1, 0.15) is 46.0 Å². The third-order valence-corrected chi connectivity index (χ3v) is 2.97. The van der Waals surface area contributed by atoms with Gasteiger partial charge in [0.2, 0.25) is 0 Å². The summed E-state index contributed by atoms with van der Waals surface area (Å²) in [6, 6.07) is 0. The summed E-state index contributed by atoms with van der Waals surface area (Å²) in [5.41, 5.74) is 5.76. The minimum Gasteiger partial charge on any atom is -0.375 e. The number of nitrogens with two attached hydrogens (primary N) is 1. The first-order chi connectivity index (χ1) is 6.18. The molecule has 0 aliphatic heterocycles. The second kappa shape index (κ2) is 4.97. The van der Waals surface area contributed by atoms with Crippen LogP contribution in [0.4, 0.5) is 0 Å². The molecule has 0 aromatic rings. The predicted molar refractivity (Wildman–Crippen MR) is 55.7 cm³/mol. The van der Waals surface area contributed by atoms with Gasteiger partial charge in [-0.1, -0.05) is 13.8 Å². The van der Waals surface area contributed by atoms with Crippen LogP contribution in [0.3, 0.4) is 0 Å². The molecule has 0 spiro atoms. The molecule has 0 unspecified atom stereocenters. The fourth-order valence-corrected chi connectivity index (χ4v) is 1.81. The highest BCUT2D eigenvalue weighted by Crippen LogP contribution is 2.38. The fraction of sp³-hybridized carbons (Fsp3) is 1.00. The largest absolute Gasteiger partial charge is 0.375 e. The van der Waals surface area contributed by atoms with Gasteiger partial charge >= 0.3 is 0 Å². The van der Waals surface area contributed by atoms with Gasteiger partial charge in [0, 0.05) is 6.61 Å². The zero-order chi connectivity index (χ0) is 9.73. The Bertz CT molecular complexity index is 141. The maximum atomic E-state index is 5.94. The summed E-state index contributed by atoms with van der Waals surface area (Å²) in [6.45, 7) is 6.15. The molecular weight excluding hydrogens is 162 g/mol. The Balaban J connectivity index is 2.16. The SMILES string of the molecule is CC(C)CCOC1(CCN)CCC1. The number of rotatable bonds is 6. The highest BCUT2D eigenvalue weighted by molar-refractivity contribution is 4.89. The van der Waals surface area contributed by atoms with Crippen molar-refractivity contribution in [2.24, 2.45) is 11.7 Å². The van der Waals surface area contributed by atoms with Gasteiger partial charge < -0.3 is 10.5 Å². The lowest BCUT2D eigenvalue weighted by molar-refractivity contribution is -0.106. The van der Waals surface area contributed by atoms with E-state index in [1.807, 2.05) is 0 Å². The number of ether oxygens (including phenoxy) is 1. The molecule has 2 N–H and O–H groups in total. The van der Waals surface area contributed by atoms with Crippen molar-refractivity contribution in [3.05, 3.63) is 0 Å². The topological polar surface area (TPSA) is 35.2 Å². The smallest absolute Gasteiger partial charge is 0.0694 e. The Morgan fingerprint density at radius 3 is 2.46 bits per heavy atom. The Hall–Kier alpha value is -0.0800. The van der Waals surface area contributed by atoms with E-state index in [1.165, 1.54) is 25.7 Å². The quantitative estimate of drug-likeness (QED) is 0.689. The standard InChI is InChI=1S/C11H23NO/c1-10(2)4-9-13-11(7-8-12)5-3-6-11/h10H,3-9,12H2,1-2H3. The maximum absolute atomic E-state index is 5.94. The Labute approximate surface area is 81.8 Å². The average Bonchev–Trinajstić information content (AvgIpc) is 1.99. The van der Waals surface area contributed by atoms with Gasteiger partial charge in [-0.05, 0) is 44.6 Å². The molecule has 2 heteroatoms. The molecular formula is C11H23NO. The van der Waals surface area contributed by atoms with E-state index in [-0.39, 0.29) is 5.60 Å². The molecule has 0 bridgehead atoms. The first-order valence-electron chi connectivity index (χ1n) is 5.52. The van der Waals surface area contributed by atoms with Gasteiger partial charge in [-0.2, -0.15) is 0 Å². The summed E-state index contributed by atoms with van der Waals surface area (Å²) in [5, 5.41) is 0. The molecule has 0 radical (unpaired) electrons. The lowest BCUT2D eigenvalue weighted by Crippen LogP contribution is -2.42. The maximum Gasteiger partial charge on any atom is 0.0694 e. The molecule has 78 valence electrons. The molecule has 1 saturated carbocycles. The van der Waals surface area contributed by atoms with Gasteiger partial charge in [-0.25, -0.2) is 0 Å². The van der Waals surface area contributed by atoms with Gasteiger partial charge in [-0.15, -0.1) is 0 Å². The average molecular weight is 185 g/mol. The summed E-state index contributed by atoms with van der Waals surface area (Å²) in [4.78, 5) is 0. The second-order valence-corrected chi connectivity index (χ2v) is 4.61. The van der Waals surface area contributed by atoms with E-state index in [0.29, 0.717) is 0 Å². The minimum absolute atomic E-state index is 0.184. The van der Waals surface area contributed by atoms with Gasteiger partial charge in [0.05, 0.1) is 5.60 Å². The van der Waals surface area contributed by atoms with Crippen molar-refractivity contribution in [2.45, 2.75) is 51.6 Å². The van der Waals surface area contributed by atoms with Crippen LogP contribution in [0.15, 0.2) is 0 Å². The third-order valence-electron chi connectivity index (χ3n) is 2.97. The van der Waals surface area contributed by atoms with Crippen molar-refractivity contribution in [3.8, 4) is 0 Å². The van der Waals surface area contributed by atoms with Crippen molar-refractivity contribution in [1.82, 2.24) is 0 Å². The lowest BCUT2D eigenvalue weighted by Gasteiger charge is -2.41. The Morgan fingerprint density at radius 2 is 2.08 bits per heavy atom. The molecule has 13 heavy (non-hydrogen) atoms. The number of hydrogen-bond donors (Lipinski definition) is 1. The lowest BCUT2D eigenvalue weighted by atomic mass is 9.77. The van der Waals surface area contributed by atoms with E-state index in [0.717, 1.165) is 25.5 Å². The van der Waals surface area contributed by atoms with E-state index in [1.54, 1.807) is 0 Å². The van der Waals surface area contributed by atoms with Crippen LogP contribution in [0.2, 0.25) is 0 Å².